The zero-order valence-corrected chi connectivity index (χ0v) is 80.4. The molecule has 25 aromatic rings. The summed E-state index contributed by atoms with van der Waals surface area (Å²) >= 11 is 0. The summed E-state index contributed by atoms with van der Waals surface area (Å²) in [5.74, 6) is 4.65. The minimum Gasteiger partial charge on any atom is -0.453 e. The Morgan fingerprint density at radius 1 is 0.182 bits per heavy atom. The average Bonchev–Trinajstić information content (AvgIpc) is 1.50. The average molecular weight is 1910 g/mol. The molecule has 0 fully saturated rings. The van der Waals surface area contributed by atoms with Gasteiger partial charge in [-0.1, -0.05) is 301 Å². The SMILES string of the molecule is CC(C)c1cccc(C(C)C)c1N1C(=O)c2c(c(-n3c4ccccc4c4ccccc43)c(-n3c4ccccc4c4ccccc43)c(-n3c4ccccc4c4ccccc43)c2-n2c3ccccc3c3ccccc32)C1=O.O=C1c2c(c(N3c4ccccc4Oc4ccccc43)c(N3c4ccccc4Oc4ccccc43)c(N3c4ccccc4Oc4ccccc43)c2N2c3ccccc3Oc3ccccc32)-c2nc3ccccc3n21. The number of para-hydroxylation sites is 27. The fourth-order valence-corrected chi connectivity index (χ4v) is 24.2. The van der Waals surface area contributed by atoms with Gasteiger partial charge in [-0.3, -0.25) is 28.8 Å². The second-order valence-corrected chi connectivity index (χ2v) is 38.9. The summed E-state index contributed by atoms with van der Waals surface area (Å²) in [7, 11) is 0. The van der Waals surface area contributed by atoms with E-state index in [9.17, 15) is 0 Å². The largest absolute Gasteiger partial charge is 0.453 e. The van der Waals surface area contributed by atoms with Gasteiger partial charge in [0.15, 0.2) is 51.8 Å². The Balaban J connectivity index is 0.000000137. The van der Waals surface area contributed by atoms with Crippen LogP contribution in [0, 0.1) is 0 Å². The van der Waals surface area contributed by atoms with Gasteiger partial charge in [-0.25, -0.2) is 9.88 Å². The molecule has 0 aliphatic carbocycles. The van der Waals surface area contributed by atoms with Gasteiger partial charge in [0.05, 0.1) is 174 Å². The Hall–Kier alpha value is -19.7. The second-order valence-electron chi connectivity index (χ2n) is 38.9. The number of carbonyl (C=O) groups is 3. The lowest BCUT2D eigenvalue weighted by Gasteiger charge is -2.45. The first-order chi connectivity index (χ1) is 73.0. The number of amides is 2. The highest BCUT2D eigenvalue weighted by molar-refractivity contribution is 6.39. The number of rotatable bonds is 11. The topological polar surface area (TPSA) is 142 Å². The molecule has 20 aromatic carbocycles. The Labute approximate surface area is 848 Å². The third-order valence-electron chi connectivity index (χ3n) is 30.2. The molecule has 0 unspecified atom stereocenters. The minimum absolute atomic E-state index is 0.00190. The van der Waals surface area contributed by atoms with Crippen LogP contribution in [0.4, 0.5) is 73.9 Å². The highest BCUT2D eigenvalue weighted by atomic mass is 16.5. The fraction of sp³-hybridized carbons (Fsp3) is 0.0462. The molecule has 0 spiro atoms. The molecule has 702 valence electrons. The first kappa shape index (κ1) is 84.0. The van der Waals surface area contributed by atoms with Gasteiger partial charge in [0.2, 0.25) is 0 Å². The highest BCUT2D eigenvalue weighted by Gasteiger charge is 2.52. The molecular formula is C130H85N11O7. The smallest absolute Gasteiger partial charge is 0.268 e. The molecule has 18 heteroatoms. The summed E-state index contributed by atoms with van der Waals surface area (Å²) < 4.78 is 38.5. The van der Waals surface area contributed by atoms with Crippen molar-refractivity contribution in [2.75, 3.05) is 24.5 Å². The van der Waals surface area contributed by atoms with Crippen molar-refractivity contribution in [1.82, 2.24) is 27.8 Å². The summed E-state index contributed by atoms with van der Waals surface area (Å²) in [6.07, 6.45) is 0. The van der Waals surface area contributed by atoms with Crippen LogP contribution in [0.3, 0.4) is 0 Å². The molecule has 6 aliphatic heterocycles. The van der Waals surface area contributed by atoms with Crippen molar-refractivity contribution < 1.29 is 33.3 Å². The molecule has 18 nitrogen and oxygen atoms in total. The molecule has 0 N–H and O–H groups in total. The lowest BCUT2D eigenvalue weighted by Crippen LogP contribution is -2.32. The Morgan fingerprint density at radius 3 is 0.669 bits per heavy atom. The maximum Gasteiger partial charge on any atom is 0.268 e. The Kier molecular flexibility index (Phi) is 18.2. The van der Waals surface area contributed by atoms with Crippen molar-refractivity contribution in [1.29, 1.82) is 0 Å². The van der Waals surface area contributed by atoms with E-state index in [1.54, 1.807) is 9.47 Å². The second kappa shape index (κ2) is 32.1. The molecule has 0 radical (unpaired) electrons. The minimum atomic E-state index is -0.361. The van der Waals surface area contributed by atoms with E-state index in [2.05, 4.69) is 326 Å². The van der Waals surface area contributed by atoms with Crippen molar-refractivity contribution in [3.05, 3.63) is 459 Å². The normalized spacial score (nSPS) is 13.4. The zero-order chi connectivity index (χ0) is 98.3. The van der Waals surface area contributed by atoms with Crippen molar-refractivity contribution in [2.45, 2.75) is 39.5 Å². The monoisotopic (exact) mass is 1910 g/mol. The van der Waals surface area contributed by atoms with Gasteiger partial charge in [0, 0.05) is 43.1 Å². The van der Waals surface area contributed by atoms with Crippen molar-refractivity contribution in [3.63, 3.8) is 0 Å². The number of imidazole rings is 1. The number of benzene rings is 20. The number of ether oxygens (including phenoxy) is 4. The molecule has 0 saturated carbocycles. The number of hydrogen-bond acceptors (Lipinski definition) is 12. The van der Waals surface area contributed by atoms with Crippen LogP contribution in [0.25, 0.3) is 132 Å². The van der Waals surface area contributed by atoms with Crippen LogP contribution in [0.1, 0.15) is 81.7 Å². The van der Waals surface area contributed by atoms with Gasteiger partial charge in [-0.15, -0.1) is 0 Å². The Morgan fingerprint density at radius 2 is 0.399 bits per heavy atom. The predicted molar refractivity (Wildman–Crippen MR) is 593 cm³/mol. The van der Waals surface area contributed by atoms with E-state index in [1.807, 2.05) is 170 Å². The molecule has 0 bridgehead atoms. The molecule has 2 amide bonds. The summed E-state index contributed by atoms with van der Waals surface area (Å²) in [5, 5.41) is 8.47. The van der Waals surface area contributed by atoms with Crippen LogP contribution in [0.5, 0.6) is 46.0 Å². The standard InChI is InChI=1S/C68H49N5O2.C62H36N6O5/c1-40(2)42-30-21-31-43(41(3)4)62(42)73-67(74)60-61(68(73)75)64(70-54-34-15-7-24-46(54)47-25-8-16-35-55(47)70)66(72-58-38-19-11-28-50(58)51-29-12-20-39-59(51)72)65(71-56-36-17-9-26-48(56)49-27-10-18-37-57(49)71)63(60)69-52-32-13-5-22-44(52)45-23-6-14-33-53(45)69;69-62-56-55(61-63-37-19-1-2-20-38(37)68(61)62)57(64-39-21-3-11-29-47(39)70-48-30-12-4-22-40(48)64)59(66-43-25-7-15-33-51(43)72-52-34-16-8-26-44(52)66)60(67-45-27-9-17-35-53(45)73-54-36-18-10-28-46(54)67)58(56)65-41-23-5-13-31-49(41)71-50-32-14-6-24-42(50)65/h5-41H,1-4H3;1-36H. The summed E-state index contributed by atoms with van der Waals surface area (Å²) in [6.45, 7) is 8.59. The van der Waals surface area contributed by atoms with E-state index in [1.165, 1.54) is 0 Å². The number of anilines is 13. The van der Waals surface area contributed by atoms with Gasteiger partial charge >= 0.3 is 0 Å². The number of hydrogen-bond donors (Lipinski definition) is 0. The molecule has 5 aromatic heterocycles. The van der Waals surface area contributed by atoms with E-state index in [4.69, 9.17) is 23.9 Å². The molecule has 31 rings (SSSR count). The van der Waals surface area contributed by atoms with E-state index in [0.717, 1.165) is 155 Å². The third-order valence-corrected chi connectivity index (χ3v) is 30.2. The highest BCUT2D eigenvalue weighted by Crippen LogP contribution is 2.71. The lowest BCUT2D eigenvalue weighted by molar-refractivity contribution is 0.0922. The van der Waals surface area contributed by atoms with Crippen molar-refractivity contribution in [3.8, 4) is 80.1 Å². The third kappa shape index (κ3) is 11.8. The van der Waals surface area contributed by atoms with E-state index in [-0.39, 0.29) is 29.6 Å². The van der Waals surface area contributed by atoms with Gasteiger partial charge < -0.3 is 47.0 Å². The summed E-state index contributed by atoms with van der Waals surface area (Å²) in [5.41, 5.74) is 24.8. The fourth-order valence-electron chi connectivity index (χ4n) is 24.2. The Bertz CT molecular complexity index is 9440. The van der Waals surface area contributed by atoms with Gasteiger partial charge in [0.1, 0.15) is 0 Å². The van der Waals surface area contributed by atoms with Crippen LogP contribution in [-0.4, -0.2) is 45.5 Å². The van der Waals surface area contributed by atoms with Crippen LogP contribution in [-0.2, 0) is 0 Å². The van der Waals surface area contributed by atoms with Crippen LogP contribution in [0.15, 0.2) is 431 Å². The lowest BCUT2D eigenvalue weighted by atomic mass is 9.92. The first-order valence-corrected chi connectivity index (χ1v) is 50.1. The van der Waals surface area contributed by atoms with Gasteiger partial charge in [0.25, 0.3) is 17.7 Å². The quantitative estimate of drug-likeness (QED) is 0.114. The maximum atomic E-state index is 17.1. The zero-order valence-electron chi connectivity index (χ0n) is 80.4. The number of carbonyl (C=O) groups excluding carboxylic acids is 3. The van der Waals surface area contributed by atoms with E-state index >= 15 is 14.4 Å². The summed E-state index contributed by atoms with van der Waals surface area (Å²) in [4.78, 5) is 67.1. The van der Waals surface area contributed by atoms with Crippen LogP contribution in [0.2, 0.25) is 0 Å². The van der Waals surface area contributed by atoms with Crippen molar-refractivity contribution >= 4 is 190 Å². The van der Waals surface area contributed by atoms with Gasteiger partial charge in [-0.2, -0.15) is 0 Å². The first-order valence-electron chi connectivity index (χ1n) is 50.1. The molecule has 0 atom stereocenters. The predicted octanol–water partition coefficient (Wildman–Crippen LogP) is 34.1. The maximum absolute atomic E-state index is 17.1. The van der Waals surface area contributed by atoms with E-state index < -0.39 is 0 Å². The number of aromatic nitrogens is 6. The number of fused-ring (bicyclic) bond motifs is 26. The van der Waals surface area contributed by atoms with Gasteiger partial charge in [-0.05, 0) is 181 Å². The molecule has 148 heavy (non-hydrogen) atoms. The molecule has 0 saturated heterocycles. The molecular weight excluding hydrogens is 1830 g/mol. The molecule has 11 heterocycles. The van der Waals surface area contributed by atoms with Crippen LogP contribution < -0.4 is 43.4 Å². The number of imide groups is 1. The number of nitrogens with zero attached hydrogens (tertiary/aromatic N) is 11. The summed E-state index contributed by atoms with van der Waals surface area (Å²) in [6, 6.07) is 147. The van der Waals surface area contributed by atoms with Crippen LogP contribution >= 0.6 is 0 Å². The van der Waals surface area contributed by atoms with E-state index in [0.29, 0.717) is 125 Å². The molecule has 6 aliphatic rings. The van der Waals surface area contributed by atoms with Crippen molar-refractivity contribution in [2.24, 2.45) is 0 Å².